The Morgan fingerprint density at radius 3 is 2.93 bits per heavy atom. The fourth-order valence-corrected chi connectivity index (χ4v) is 1.35. The first-order valence-electron chi connectivity index (χ1n) is 5.49. The van der Waals surface area contributed by atoms with E-state index in [1.165, 1.54) is 12.8 Å². The number of rotatable bonds is 5. The molecule has 2 rings (SSSR count). The Morgan fingerprint density at radius 1 is 1.60 bits per heavy atom. The van der Waals surface area contributed by atoms with E-state index < -0.39 is 6.10 Å². The van der Waals surface area contributed by atoms with E-state index in [0.717, 1.165) is 12.2 Å². The molecule has 2 atom stereocenters. The summed E-state index contributed by atoms with van der Waals surface area (Å²) in [6.07, 6.45) is 4.04. The lowest BCUT2D eigenvalue weighted by molar-refractivity contribution is 0.131. The predicted molar refractivity (Wildman–Crippen MR) is 56.3 cm³/mol. The van der Waals surface area contributed by atoms with Gasteiger partial charge < -0.3 is 10.4 Å². The highest BCUT2D eigenvalue weighted by Crippen LogP contribution is 2.19. The zero-order valence-electron chi connectivity index (χ0n) is 9.22. The fourth-order valence-electron chi connectivity index (χ4n) is 1.35. The van der Waals surface area contributed by atoms with Crippen LogP contribution >= 0.6 is 0 Å². The van der Waals surface area contributed by atoms with Gasteiger partial charge in [0, 0.05) is 12.6 Å². The number of hydrogen-bond acceptors (Lipinski definition) is 4. The third-order valence-electron chi connectivity index (χ3n) is 2.82. The quantitative estimate of drug-likeness (QED) is 0.741. The van der Waals surface area contributed by atoms with Crippen LogP contribution in [0.25, 0.3) is 0 Å². The Hall–Kier alpha value is -0.940. The van der Waals surface area contributed by atoms with E-state index in [0.29, 0.717) is 6.04 Å². The molecule has 0 bridgehead atoms. The standard InChI is InChI=1S/C10H18N4O/c1-7(8(2)15)14-6-10(12-13-14)5-11-9-3-4-9/h6-9,11,15H,3-5H2,1-2H3. The first-order chi connectivity index (χ1) is 7.16. The highest BCUT2D eigenvalue weighted by Gasteiger charge is 2.20. The molecule has 0 aliphatic heterocycles. The normalized spacial score (nSPS) is 20.2. The molecule has 15 heavy (non-hydrogen) atoms. The number of aliphatic hydroxyl groups is 1. The summed E-state index contributed by atoms with van der Waals surface area (Å²) < 4.78 is 1.72. The zero-order valence-corrected chi connectivity index (χ0v) is 9.22. The largest absolute Gasteiger partial charge is 0.391 e. The first kappa shape index (κ1) is 10.6. The molecule has 0 spiro atoms. The van der Waals surface area contributed by atoms with Gasteiger partial charge in [0.15, 0.2) is 0 Å². The number of aromatic nitrogens is 3. The average molecular weight is 210 g/mol. The maximum atomic E-state index is 9.41. The van der Waals surface area contributed by atoms with Crippen molar-refractivity contribution < 1.29 is 5.11 Å². The Kier molecular flexibility index (Phi) is 3.02. The predicted octanol–water partition coefficient (Wildman–Crippen LogP) is 0.472. The van der Waals surface area contributed by atoms with Crippen molar-refractivity contribution in [2.75, 3.05) is 0 Å². The Labute approximate surface area is 89.5 Å². The molecular formula is C10H18N4O. The van der Waals surface area contributed by atoms with Crippen molar-refractivity contribution >= 4 is 0 Å². The van der Waals surface area contributed by atoms with E-state index in [2.05, 4.69) is 15.6 Å². The number of hydrogen-bond donors (Lipinski definition) is 2. The Bertz CT molecular complexity index is 319. The van der Waals surface area contributed by atoms with Crippen LogP contribution in [0.3, 0.4) is 0 Å². The number of nitrogens with zero attached hydrogens (tertiary/aromatic N) is 3. The first-order valence-corrected chi connectivity index (χ1v) is 5.49. The van der Waals surface area contributed by atoms with Gasteiger partial charge in [0.05, 0.1) is 24.0 Å². The lowest BCUT2D eigenvalue weighted by atomic mass is 10.2. The van der Waals surface area contributed by atoms with Crippen LogP contribution in [0.4, 0.5) is 0 Å². The topological polar surface area (TPSA) is 63.0 Å². The van der Waals surface area contributed by atoms with Crippen molar-refractivity contribution in [1.82, 2.24) is 20.3 Å². The Balaban J connectivity index is 1.90. The third-order valence-corrected chi connectivity index (χ3v) is 2.82. The maximum Gasteiger partial charge on any atom is 0.0965 e. The molecule has 1 fully saturated rings. The second-order valence-electron chi connectivity index (χ2n) is 4.33. The van der Waals surface area contributed by atoms with Gasteiger partial charge in [-0.1, -0.05) is 5.21 Å². The lowest BCUT2D eigenvalue weighted by Crippen LogP contribution is -2.18. The molecular weight excluding hydrogens is 192 g/mol. The minimum absolute atomic E-state index is 0.0211. The second kappa shape index (κ2) is 4.28. The summed E-state index contributed by atoms with van der Waals surface area (Å²) in [7, 11) is 0. The molecule has 2 N–H and O–H groups in total. The van der Waals surface area contributed by atoms with Crippen LogP contribution in [-0.4, -0.2) is 32.2 Å². The van der Waals surface area contributed by atoms with Crippen LogP contribution in [0.2, 0.25) is 0 Å². The minimum Gasteiger partial charge on any atom is -0.391 e. The molecule has 0 aromatic carbocycles. The second-order valence-corrected chi connectivity index (χ2v) is 4.33. The van der Waals surface area contributed by atoms with Gasteiger partial charge in [-0.15, -0.1) is 5.10 Å². The summed E-state index contributed by atoms with van der Waals surface area (Å²) >= 11 is 0. The maximum absolute atomic E-state index is 9.41. The number of aliphatic hydroxyl groups excluding tert-OH is 1. The van der Waals surface area contributed by atoms with E-state index in [-0.39, 0.29) is 6.04 Å². The summed E-state index contributed by atoms with van der Waals surface area (Å²) in [6.45, 7) is 4.46. The average Bonchev–Trinajstić information content (AvgIpc) is 2.92. The van der Waals surface area contributed by atoms with E-state index in [4.69, 9.17) is 0 Å². The van der Waals surface area contributed by atoms with Crippen molar-refractivity contribution in [3.05, 3.63) is 11.9 Å². The van der Waals surface area contributed by atoms with Gasteiger partial charge in [-0.25, -0.2) is 4.68 Å². The van der Waals surface area contributed by atoms with Gasteiger partial charge in [-0.05, 0) is 26.7 Å². The van der Waals surface area contributed by atoms with Crippen molar-refractivity contribution in [2.45, 2.75) is 51.4 Å². The van der Waals surface area contributed by atoms with Crippen LogP contribution in [0, 0.1) is 0 Å². The SMILES string of the molecule is CC(O)C(C)n1cc(CNC2CC2)nn1. The smallest absolute Gasteiger partial charge is 0.0965 e. The minimum atomic E-state index is -0.407. The molecule has 1 aliphatic rings. The molecule has 2 unspecified atom stereocenters. The van der Waals surface area contributed by atoms with Crippen molar-refractivity contribution in [3.63, 3.8) is 0 Å². The molecule has 5 nitrogen and oxygen atoms in total. The molecule has 5 heteroatoms. The van der Waals surface area contributed by atoms with Crippen molar-refractivity contribution in [3.8, 4) is 0 Å². The summed E-state index contributed by atoms with van der Waals surface area (Å²) in [4.78, 5) is 0. The fraction of sp³-hybridized carbons (Fsp3) is 0.800. The van der Waals surface area contributed by atoms with Crippen LogP contribution in [-0.2, 0) is 6.54 Å². The van der Waals surface area contributed by atoms with Crippen LogP contribution in [0.15, 0.2) is 6.20 Å². The molecule has 0 saturated heterocycles. The molecule has 1 aromatic heterocycles. The van der Waals surface area contributed by atoms with E-state index in [9.17, 15) is 5.11 Å². The van der Waals surface area contributed by atoms with Gasteiger partial charge in [-0.2, -0.15) is 0 Å². The van der Waals surface area contributed by atoms with Crippen molar-refractivity contribution in [1.29, 1.82) is 0 Å². The molecule has 1 heterocycles. The van der Waals surface area contributed by atoms with Gasteiger partial charge in [0.1, 0.15) is 0 Å². The number of nitrogens with one attached hydrogen (secondary N) is 1. The molecule has 0 amide bonds. The van der Waals surface area contributed by atoms with Gasteiger partial charge >= 0.3 is 0 Å². The van der Waals surface area contributed by atoms with Gasteiger partial charge in [0.2, 0.25) is 0 Å². The highest BCUT2D eigenvalue weighted by atomic mass is 16.3. The monoisotopic (exact) mass is 210 g/mol. The molecule has 0 radical (unpaired) electrons. The highest BCUT2D eigenvalue weighted by molar-refractivity contribution is 4.95. The van der Waals surface area contributed by atoms with Crippen LogP contribution < -0.4 is 5.32 Å². The van der Waals surface area contributed by atoms with Crippen molar-refractivity contribution in [2.24, 2.45) is 0 Å². The third kappa shape index (κ3) is 2.76. The van der Waals surface area contributed by atoms with E-state index >= 15 is 0 Å². The molecule has 84 valence electrons. The lowest BCUT2D eigenvalue weighted by Gasteiger charge is -2.13. The zero-order chi connectivity index (χ0) is 10.8. The molecule has 1 aromatic rings. The van der Waals surface area contributed by atoms with E-state index in [1.54, 1.807) is 11.6 Å². The molecule has 1 aliphatic carbocycles. The van der Waals surface area contributed by atoms with Crippen LogP contribution in [0.5, 0.6) is 0 Å². The molecule has 1 saturated carbocycles. The summed E-state index contributed by atoms with van der Waals surface area (Å²) in [5.41, 5.74) is 0.939. The van der Waals surface area contributed by atoms with Crippen LogP contribution in [0.1, 0.15) is 38.4 Å². The summed E-state index contributed by atoms with van der Waals surface area (Å²) in [5.74, 6) is 0. The Morgan fingerprint density at radius 2 is 2.33 bits per heavy atom. The van der Waals surface area contributed by atoms with Gasteiger partial charge in [0.25, 0.3) is 0 Å². The summed E-state index contributed by atoms with van der Waals surface area (Å²) in [5, 5.41) is 20.8. The van der Waals surface area contributed by atoms with Gasteiger partial charge in [-0.3, -0.25) is 0 Å². The van der Waals surface area contributed by atoms with E-state index in [1.807, 2.05) is 13.1 Å². The summed E-state index contributed by atoms with van der Waals surface area (Å²) in [6, 6.07) is 0.663.